The minimum absolute atomic E-state index is 0.00130. The molecule has 1 atom stereocenters. The summed E-state index contributed by atoms with van der Waals surface area (Å²) in [5.74, 6) is -0.141. The molecule has 2 amide bonds. The van der Waals surface area contributed by atoms with Gasteiger partial charge < -0.3 is 5.32 Å². The average Bonchev–Trinajstić information content (AvgIpc) is 3.43. The van der Waals surface area contributed by atoms with Gasteiger partial charge in [-0.25, -0.2) is 4.99 Å². The third-order valence-corrected chi connectivity index (χ3v) is 6.49. The molecule has 4 rings (SSSR count). The van der Waals surface area contributed by atoms with Gasteiger partial charge in [0.05, 0.1) is 5.69 Å². The lowest BCUT2D eigenvalue weighted by Gasteiger charge is -2.15. The van der Waals surface area contributed by atoms with E-state index >= 15 is 0 Å². The van der Waals surface area contributed by atoms with E-state index in [2.05, 4.69) is 11.4 Å². The number of nitrogens with one attached hydrogen (secondary N) is 1. The van der Waals surface area contributed by atoms with Crippen molar-refractivity contribution in [3.63, 3.8) is 0 Å². The van der Waals surface area contributed by atoms with E-state index in [1.807, 2.05) is 62.9 Å². The fraction of sp³-hybridized carbons (Fsp3) is 0.375. The Morgan fingerprint density at radius 1 is 1.07 bits per heavy atom. The lowest BCUT2D eigenvalue weighted by atomic mass is 10.1. The molecule has 0 aromatic heterocycles. The number of thioether (sulfide) groups is 1. The van der Waals surface area contributed by atoms with Gasteiger partial charge in [0.25, 0.3) is 0 Å². The smallest absolute Gasteiger partial charge is 0.242 e. The number of hydrogen-bond donors (Lipinski definition) is 1. The highest BCUT2D eigenvalue weighted by Gasteiger charge is 2.46. The molecule has 1 heterocycles. The second-order valence-electron chi connectivity index (χ2n) is 8.36. The molecule has 1 saturated heterocycles. The zero-order valence-corrected chi connectivity index (χ0v) is 18.7. The zero-order valence-electron chi connectivity index (χ0n) is 17.9. The van der Waals surface area contributed by atoms with Crippen LogP contribution in [0.5, 0.6) is 0 Å². The molecule has 0 radical (unpaired) electrons. The Morgan fingerprint density at radius 3 is 2.40 bits per heavy atom. The van der Waals surface area contributed by atoms with Crippen LogP contribution < -0.4 is 5.32 Å². The number of benzene rings is 2. The summed E-state index contributed by atoms with van der Waals surface area (Å²) in [4.78, 5) is 32.3. The number of carbonyl (C=O) groups is 2. The monoisotopic (exact) mass is 421 g/mol. The molecule has 0 bridgehead atoms. The van der Waals surface area contributed by atoms with Gasteiger partial charge >= 0.3 is 0 Å². The van der Waals surface area contributed by atoms with E-state index in [-0.39, 0.29) is 24.3 Å². The van der Waals surface area contributed by atoms with Crippen molar-refractivity contribution in [3.8, 4) is 0 Å². The van der Waals surface area contributed by atoms with E-state index in [1.165, 1.54) is 11.8 Å². The van der Waals surface area contributed by atoms with E-state index < -0.39 is 5.25 Å². The van der Waals surface area contributed by atoms with Crippen molar-refractivity contribution in [2.24, 2.45) is 4.99 Å². The van der Waals surface area contributed by atoms with Crippen LogP contribution in [0.15, 0.2) is 41.4 Å². The molecule has 156 valence electrons. The van der Waals surface area contributed by atoms with E-state index in [0.29, 0.717) is 0 Å². The maximum absolute atomic E-state index is 13.1. The van der Waals surface area contributed by atoms with Crippen LogP contribution in [0.4, 0.5) is 11.4 Å². The number of aryl methyl sites for hydroxylation is 4. The number of hydrogen-bond acceptors (Lipinski definition) is 4. The van der Waals surface area contributed by atoms with Gasteiger partial charge in [-0.2, -0.15) is 0 Å². The summed E-state index contributed by atoms with van der Waals surface area (Å²) < 4.78 is 0. The number of anilines is 1. The number of amidine groups is 1. The molecule has 2 aliphatic rings. The number of carbonyl (C=O) groups excluding carboxylic acids is 2. The van der Waals surface area contributed by atoms with E-state index in [0.717, 1.165) is 51.6 Å². The molecule has 2 aromatic carbocycles. The lowest BCUT2D eigenvalue weighted by molar-refractivity contribution is -0.128. The number of amides is 2. The highest BCUT2D eigenvalue weighted by molar-refractivity contribution is 8.15. The molecule has 0 unspecified atom stereocenters. The summed E-state index contributed by atoms with van der Waals surface area (Å²) in [6, 6.07) is 12.3. The molecule has 6 heteroatoms. The minimum atomic E-state index is -0.430. The van der Waals surface area contributed by atoms with E-state index in [4.69, 9.17) is 4.99 Å². The molecule has 1 saturated carbocycles. The summed E-state index contributed by atoms with van der Waals surface area (Å²) in [6.45, 7) is 8.09. The van der Waals surface area contributed by atoms with Crippen LogP contribution in [0.3, 0.4) is 0 Å². The highest BCUT2D eigenvalue weighted by atomic mass is 32.2. The Labute approximate surface area is 182 Å². The molecular formula is C24H27N3O2S. The first-order valence-electron chi connectivity index (χ1n) is 10.3. The topological polar surface area (TPSA) is 61.8 Å². The molecule has 5 nitrogen and oxygen atoms in total. The van der Waals surface area contributed by atoms with Crippen LogP contribution in [-0.2, 0) is 9.59 Å². The largest absolute Gasteiger partial charge is 0.326 e. The van der Waals surface area contributed by atoms with Gasteiger partial charge in [0.1, 0.15) is 5.25 Å². The van der Waals surface area contributed by atoms with Crippen molar-refractivity contribution in [2.75, 3.05) is 5.32 Å². The first kappa shape index (κ1) is 20.7. The predicted molar refractivity (Wildman–Crippen MR) is 123 cm³/mol. The van der Waals surface area contributed by atoms with Crippen molar-refractivity contribution in [1.29, 1.82) is 0 Å². The number of nitrogens with zero attached hydrogens (tertiary/aromatic N) is 2. The number of rotatable bonds is 5. The van der Waals surface area contributed by atoms with E-state index in [1.54, 1.807) is 0 Å². The lowest BCUT2D eigenvalue weighted by Crippen LogP contribution is -2.35. The fourth-order valence-electron chi connectivity index (χ4n) is 3.81. The molecule has 1 aliphatic heterocycles. The maximum atomic E-state index is 13.1. The summed E-state index contributed by atoms with van der Waals surface area (Å²) >= 11 is 1.41. The first-order valence-corrected chi connectivity index (χ1v) is 11.2. The Kier molecular flexibility index (Phi) is 5.69. The first-order chi connectivity index (χ1) is 14.3. The molecule has 0 spiro atoms. The third kappa shape index (κ3) is 4.59. The van der Waals surface area contributed by atoms with Gasteiger partial charge in [0.2, 0.25) is 11.8 Å². The van der Waals surface area contributed by atoms with Gasteiger partial charge in [-0.15, -0.1) is 0 Å². The normalized spacial score (nSPS) is 20.1. The predicted octanol–water partition coefficient (Wildman–Crippen LogP) is 5.04. The van der Waals surface area contributed by atoms with Gasteiger partial charge in [-0.1, -0.05) is 35.5 Å². The fourth-order valence-corrected chi connectivity index (χ4v) is 5.03. The maximum Gasteiger partial charge on any atom is 0.242 e. The highest BCUT2D eigenvalue weighted by Crippen LogP contribution is 2.39. The van der Waals surface area contributed by atoms with Crippen molar-refractivity contribution in [2.45, 2.75) is 58.2 Å². The quantitative estimate of drug-likeness (QED) is 0.735. The van der Waals surface area contributed by atoms with Crippen LogP contribution >= 0.6 is 11.8 Å². The van der Waals surface area contributed by atoms with Gasteiger partial charge in [-0.05, 0) is 75.4 Å². The van der Waals surface area contributed by atoms with Gasteiger partial charge in [-0.3, -0.25) is 14.5 Å². The zero-order chi connectivity index (χ0) is 21.4. The van der Waals surface area contributed by atoms with Crippen molar-refractivity contribution < 1.29 is 9.59 Å². The van der Waals surface area contributed by atoms with Crippen LogP contribution in [0, 0.1) is 27.7 Å². The van der Waals surface area contributed by atoms with Gasteiger partial charge in [0.15, 0.2) is 5.17 Å². The SMILES string of the molecule is Cc1cc(C)cc(N=C2S[C@@H](CC(=O)Nc3ccc(C)cc3C)C(=O)N2C2CC2)c1. The van der Waals surface area contributed by atoms with Crippen molar-refractivity contribution in [3.05, 3.63) is 58.7 Å². The standard InChI is InChI=1S/C24H27N3O2S/c1-14-5-8-20(17(4)10-14)26-22(28)13-21-23(29)27(19-6-7-19)24(30-21)25-18-11-15(2)9-16(3)12-18/h5,8-12,19,21H,6-7,13H2,1-4H3,(H,26,28)/t21-/m0/s1. The van der Waals surface area contributed by atoms with E-state index in [9.17, 15) is 9.59 Å². The minimum Gasteiger partial charge on any atom is -0.326 e. The third-order valence-electron chi connectivity index (χ3n) is 5.34. The molecular weight excluding hydrogens is 394 g/mol. The van der Waals surface area contributed by atoms with Crippen molar-refractivity contribution in [1.82, 2.24) is 4.90 Å². The van der Waals surface area contributed by atoms with Crippen LogP contribution in [0.1, 0.15) is 41.5 Å². The summed E-state index contributed by atoms with van der Waals surface area (Å²) in [5, 5.41) is 3.25. The second-order valence-corrected chi connectivity index (χ2v) is 9.53. The summed E-state index contributed by atoms with van der Waals surface area (Å²) in [5.41, 5.74) is 6.11. The molecule has 2 aromatic rings. The molecule has 30 heavy (non-hydrogen) atoms. The Bertz CT molecular complexity index is 1020. The van der Waals surface area contributed by atoms with Crippen molar-refractivity contribution >= 4 is 40.1 Å². The molecule has 1 aliphatic carbocycles. The second kappa shape index (κ2) is 8.26. The van der Waals surface area contributed by atoms with Crippen LogP contribution in [-0.4, -0.2) is 33.2 Å². The Balaban J connectivity index is 1.51. The Morgan fingerprint density at radius 2 is 1.77 bits per heavy atom. The molecule has 2 fully saturated rings. The summed E-state index contributed by atoms with van der Waals surface area (Å²) in [7, 11) is 0. The Hall–Kier alpha value is -2.60. The van der Waals surface area contributed by atoms with Gasteiger partial charge in [0, 0.05) is 18.2 Å². The summed E-state index contributed by atoms with van der Waals surface area (Å²) in [6.07, 6.45) is 2.14. The van der Waals surface area contributed by atoms with Crippen LogP contribution in [0.2, 0.25) is 0 Å². The molecule has 1 N–H and O–H groups in total. The number of aliphatic imine (C=N–C) groups is 1. The van der Waals surface area contributed by atoms with Crippen LogP contribution in [0.25, 0.3) is 0 Å². The average molecular weight is 422 g/mol.